The lowest BCUT2D eigenvalue weighted by molar-refractivity contribution is -0.132. The van der Waals surface area contributed by atoms with E-state index in [0.29, 0.717) is 11.5 Å². The summed E-state index contributed by atoms with van der Waals surface area (Å²) in [6.45, 7) is 3.30. The Bertz CT molecular complexity index is 767. The Morgan fingerprint density at radius 3 is 2.83 bits per heavy atom. The maximum atomic E-state index is 11.1. The lowest BCUT2D eigenvalue weighted by Gasteiger charge is -2.16. The lowest BCUT2D eigenvalue weighted by Crippen LogP contribution is -2.19. The number of ether oxygens (including phenoxy) is 2. The summed E-state index contributed by atoms with van der Waals surface area (Å²) in [6.07, 6.45) is 5.30. The molecule has 124 valence electrons. The van der Waals surface area contributed by atoms with Gasteiger partial charge in [-0.15, -0.1) is 0 Å². The minimum atomic E-state index is -0.357. The van der Waals surface area contributed by atoms with E-state index in [2.05, 4.69) is 41.3 Å². The van der Waals surface area contributed by atoms with Gasteiger partial charge < -0.3 is 14.4 Å². The number of esters is 1. The van der Waals surface area contributed by atoms with Crippen LogP contribution in [0.15, 0.2) is 48.5 Å². The molecule has 0 fully saturated rings. The van der Waals surface area contributed by atoms with E-state index in [1.165, 1.54) is 18.2 Å². The van der Waals surface area contributed by atoms with E-state index in [1.807, 2.05) is 12.1 Å². The van der Waals surface area contributed by atoms with Gasteiger partial charge in [0.15, 0.2) is 11.5 Å². The van der Waals surface area contributed by atoms with Crippen LogP contribution >= 0.6 is 0 Å². The molecule has 0 unspecified atom stereocenters. The van der Waals surface area contributed by atoms with Crippen LogP contribution in [0.3, 0.4) is 0 Å². The third-order valence-electron chi connectivity index (χ3n) is 4.06. The van der Waals surface area contributed by atoms with Crippen molar-refractivity contribution in [2.24, 2.45) is 0 Å². The van der Waals surface area contributed by atoms with Crippen molar-refractivity contribution in [2.45, 2.75) is 13.3 Å². The fraction of sp³-hybridized carbons (Fsp3) is 0.250. The number of carbonyl (C=O) groups is 1. The van der Waals surface area contributed by atoms with Gasteiger partial charge in [-0.3, -0.25) is 4.79 Å². The fourth-order valence-electron chi connectivity index (χ4n) is 2.94. The molecule has 0 spiro atoms. The largest absolute Gasteiger partial charge is 0.493 e. The number of methoxy groups -OCH3 is 1. The van der Waals surface area contributed by atoms with Crippen LogP contribution in [-0.4, -0.2) is 26.2 Å². The van der Waals surface area contributed by atoms with Crippen molar-refractivity contribution in [3.8, 4) is 11.5 Å². The second kappa shape index (κ2) is 7.21. The van der Waals surface area contributed by atoms with Crippen molar-refractivity contribution in [1.29, 1.82) is 0 Å². The molecule has 1 heterocycles. The van der Waals surface area contributed by atoms with Crippen molar-refractivity contribution in [2.75, 3.05) is 25.1 Å². The van der Waals surface area contributed by atoms with Gasteiger partial charge >= 0.3 is 5.97 Å². The molecule has 4 heteroatoms. The van der Waals surface area contributed by atoms with Crippen LogP contribution in [-0.2, 0) is 11.2 Å². The third kappa shape index (κ3) is 3.59. The van der Waals surface area contributed by atoms with Crippen LogP contribution in [0.25, 0.3) is 6.08 Å². The zero-order valence-electron chi connectivity index (χ0n) is 14.0. The molecule has 0 amide bonds. The Balaban J connectivity index is 1.68. The predicted octanol–water partition coefficient (Wildman–Crippen LogP) is 3.70. The highest BCUT2D eigenvalue weighted by Crippen LogP contribution is 2.29. The molecular formula is C20H21NO3. The molecule has 1 aliphatic heterocycles. The summed E-state index contributed by atoms with van der Waals surface area (Å²) < 4.78 is 10.4. The van der Waals surface area contributed by atoms with E-state index in [9.17, 15) is 4.79 Å². The standard InChI is InChI=1S/C20H21NO3/c1-15(22)24-19-10-9-16(14-20(19)23-2)6-5-12-21-13-11-17-7-3-4-8-18(17)21/h3-10,14H,11-13H2,1-2H3/b6-5-. The molecule has 4 nitrogen and oxygen atoms in total. The molecule has 0 N–H and O–H groups in total. The lowest BCUT2D eigenvalue weighted by atomic mass is 10.1. The van der Waals surface area contributed by atoms with E-state index >= 15 is 0 Å². The van der Waals surface area contributed by atoms with Crippen LogP contribution in [0, 0.1) is 0 Å². The minimum Gasteiger partial charge on any atom is -0.493 e. The van der Waals surface area contributed by atoms with E-state index in [4.69, 9.17) is 9.47 Å². The monoisotopic (exact) mass is 323 g/mol. The molecule has 0 bridgehead atoms. The Labute approximate surface area is 142 Å². The first-order chi connectivity index (χ1) is 11.7. The minimum absolute atomic E-state index is 0.357. The summed E-state index contributed by atoms with van der Waals surface area (Å²) in [4.78, 5) is 13.5. The Morgan fingerprint density at radius 2 is 2.04 bits per heavy atom. The van der Waals surface area contributed by atoms with Gasteiger partial charge in [0.25, 0.3) is 0 Å². The van der Waals surface area contributed by atoms with Gasteiger partial charge in [0, 0.05) is 25.7 Å². The highest BCUT2D eigenvalue weighted by molar-refractivity contribution is 5.71. The van der Waals surface area contributed by atoms with Gasteiger partial charge in [-0.05, 0) is 35.7 Å². The van der Waals surface area contributed by atoms with E-state index in [0.717, 1.165) is 25.1 Å². The second-order valence-corrected chi connectivity index (χ2v) is 5.73. The average molecular weight is 323 g/mol. The molecule has 0 aliphatic carbocycles. The molecule has 2 aromatic rings. The van der Waals surface area contributed by atoms with Crippen molar-refractivity contribution in [3.63, 3.8) is 0 Å². The zero-order valence-corrected chi connectivity index (χ0v) is 14.0. The summed E-state index contributed by atoms with van der Waals surface area (Å²) in [6, 6.07) is 14.1. The van der Waals surface area contributed by atoms with Gasteiger partial charge in [0.1, 0.15) is 0 Å². The number of nitrogens with zero attached hydrogens (tertiary/aromatic N) is 1. The Hall–Kier alpha value is -2.75. The van der Waals surface area contributed by atoms with Crippen LogP contribution in [0.4, 0.5) is 5.69 Å². The summed E-state index contributed by atoms with van der Waals surface area (Å²) in [5.41, 5.74) is 3.75. The molecule has 3 rings (SSSR count). The first-order valence-electron chi connectivity index (χ1n) is 8.03. The van der Waals surface area contributed by atoms with Gasteiger partial charge in [0.05, 0.1) is 7.11 Å². The van der Waals surface area contributed by atoms with Crippen LogP contribution < -0.4 is 14.4 Å². The fourth-order valence-corrected chi connectivity index (χ4v) is 2.94. The molecule has 2 aromatic carbocycles. The number of para-hydroxylation sites is 1. The first-order valence-corrected chi connectivity index (χ1v) is 8.03. The van der Waals surface area contributed by atoms with E-state index in [-0.39, 0.29) is 5.97 Å². The number of rotatable bonds is 5. The summed E-state index contributed by atoms with van der Waals surface area (Å²) in [5, 5.41) is 0. The predicted molar refractivity (Wildman–Crippen MR) is 95.7 cm³/mol. The number of hydrogen-bond donors (Lipinski definition) is 0. The molecule has 0 atom stereocenters. The molecule has 0 saturated carbocycles. The third-order valence-corrected chi connectivity index (χ3v) is 4.06. The maximum absolute atomic E-state index is 11.1. The van der Waals surface area contributed by atoms with Crippen molar-refractivity contribution >= 4 is 17.7 Å². The van der Waals surface area contributed by atoms with Crippen LogP contribution in [0.1, 0.15) is 18.1 Å². The molecular weight excluding hydrogens is 302 g/mol. The van der Waals surface area contributed by atoms with Gasteiger partial charge in [-0.25, -0.2) is 0 Å². The maximum Gasteiger partial charge on any atom is 0.308 e. The number of carbonyl (C=O) groups excluding carboxylic acids is 1. The van der Waals surface area contributed by atoms with E-state index in [1.54, 1.807) is 13.2 Å². The Kier molecular flexibility index (Phi) is 4.85. The number of hydrogen-bond acceptors (Lipinski definition) is 4. The van der Waals surface area contributed by atoms with Gasteiger partial charge in [0.2, 0.25) is 0 Å². The molecule has 0 radical (unpaired) electrons. The quantitative estimate of drug-likeness (QED) is 0.621. The van der Waals surface area contributed by atoms with Crippen molar-refractivity contribution < 1.29 is 14.3 Å². The second-order valence-electron chi connectivity index (χ2n) is 5.73. The Morgan fingerprint density at radius 1 is 1.21 bits per heavy atom. The summed E-state index contributed by atoms with van der Waals surface area (Å²) >= 11 is 0. The van der Waals surface area contributed by atoms with Crippen molar-refractivity contribution in [3.05, 3.63) is 59.7 Å². The average Bonchev–Trinajstić information content (AvgIpc) is 2.99. The van der Waals surface area contributed by atoms with E-state index < -0.39 is 0 Å². The first kappa shape index (κ1) is 16.1. The van der Waals surface area contributed by atoms with Gasteiger partial charge in [-0.2, -0.15) is 0 Å². The SMILES string of the molecule is COc1cc(/C=C\CN2CCc3ccccc32)ccc1OC(C)=O. The van der Waals surface area contributed by atoms with Gasteiger partial charge in [-0.1, -0.05) is 36.4 Å². The summed E-state index contributed by atoms with van der Waals surface area (Å²) in [5.74, 6) is 0.638. The molecule has 0 aromatic heterocycles. The van der Waals surface area contributed by atoms with Crippen LogP contribution in [0.5, 0.6) is 11.5 Å². The molecule has 24 heavy (non-hydrogen) atoms. The smallest absolute Gasteiger partial charge is 0.308 e. The summed E-state index contributed by atoms with van der Waals surface area (Å²) in [7, 11) is 1.57. The molecule has 0 saturated heterocycles. The highest BCUT2D eigenvalue weighted by Gasteiger charge is 2.16. The number of anilines is 1. The molecule has 1 aliphatic rings. The normalized spacial score (nSPS) is 13.2. The van der Waals surface area contributed by atoms with Crippen LogP contribution in [0.2, 0.25) is 0 Å². The highest BCUT2D eigenvalue weighted by atomic mass is 16.6. The zero-order chi connectivity index (χ0) is 16.9. The number of fused-ring (bicyclic) bond motifs is 1. The number of benzene rings is 2. The van der Waals surface area contributed by atoms with Crippen molar-refractivity contribution in [1.82, 2.24) is 0 Å². The topological polar surface area (TPSA) is 38.8 Å².